The van der Waals surface area contributed by atoms with Crippen molar-refractivity contribution in [3.05, 3.63) is 36.7 Å². The van der Waals surface area contributed by atoms with E-state index in [2.05, 4.69) is 32.3 Å². The topological polar surface area (TPSA) is 59.1 Å². The number of rotatable bonds is 7. The Morgan fingerprint density at radius 3 is 2.52 bits per heavy atom. The van der Waals surface area contributed by atoms with Crippen LogP contribution in [0.2, 0.25) is 0 Å². The minimum Gasteiger partial charge on any atom is -0.435 e. The van der Waals surface area contributed by atoms with Gasteiger partial charge in [0.05, 0.1) is 12.4 Å². The minimum atomic E-state index is -2.82. The summed E-state index contributed by atoms with van der Waals surface area (Å²) in [5.41, 5.74) is 0.707. The van der Waals surface area contributed by atoms with Crippen LogP contribution in [0.25, 0.3) is 0 Å². The van der Waals surface area contributed by atoms with Gasteiger partial charge in [0.15, 0.2) is 5.82 Å². The zero-order valence-corrected chi connectivity index (χ0v) is 11.5. The second-order valence-corrected chi connectivity index (χ2v) is 4.24. The molecule has 1 aromatic heterocycles. The highest BCUT2D eigenvalue weighted by Gasteiger charge is 2.04. The van der Waals surface area contributed by atoms with Crippen LogP contribution in [0.5, 0.6) is 5.75 Å². The van der Waals surface area contributed by atoms with Gasteiger partial charge in [0, 0.05) is 12.2 Å². The van der Waals surface area contributed by atoms with Crippen molar-refractivity contribution in [3.63, 3.8) is 0 Å². The van der Waals surface area contributed by atoms with Crippen LogP contribution in [0.4, 0.5) is 26.1 Å². The average molecular weight is 294 g/mol. The Kier molecular flexibility index (Phi) is 5.25. The zero-order chi connectivity index (χ0) is 15.1. The van der Waals surface area contributed by atoms with Crippen molar-refractivity contribution in [2.75, 3.05) is 17.2 Å². The van der Waals surface area contributed by atoms with Gasteiger partial charge in [-0.1, -0.05) is 6.92 Å². The normalized spacial score (nSPS) is 10.5. The third-order valence-electron chi connectivity index (χ3n) is 2.54. The van der Waals surface area contributed by atoms with E-state index >= 15 is 0 Å². The molecule has 0 fully saturated rings. The van der Waals surface area contributed by atoms with Gasteiger partial charge >= 0.3 is 6.61 Å². The molecule has 7 heteroatoms. The van der Waals surface area contributed by atoms with E-state index in [1.165, 1.54) is 12.1 Å². The molecule has 21 heavy (non-hydrogen) atoms. The lowest BCUT2D eigenvalue weighted by Crippen LogP contribution is -2.04. The van der Waals surface area contributed by atoms with Crippen LogP contribution in [0, 0.1) is 0 Å². The standard InChI is InChI=1S/C14H16F2N4O/c1-2-7-18-12-8-17-9-13(20-12)19-10-3-5-11(6-4-10)21-14(15)16/h3-6,8-9,14H,2,7H2,1H3,(H2,18,19,20). The van der Waals surface area contributed by atoms with Gasteiger partial charge in [-0.15, -0.1) is 0 Å². The van der Waals surface area contributed by atoms with E-state index in [0.717, 1.165) is 13.0 Å². The molecule has 2 N–H and O–H groups in total. The van der Waals surface area contributed by atoms with Crippen LogP contribution in [-0.4, -0.2) is 23.1 Å². The lowest BCUT2D eigenvalue weighted by atomic mass is 10.3. The minimum absolute atomic E-state index is 0.111. The summed E-state index contributed by atoms with van der Waals surface area (Å²) in [5.74, 6) is 1.36. The van der Waals surface area contributed by atoms with Crippen molar-refractivity contribution in [1.29, 1.82) is 0 Å². The summed E-state index contributed by atoms with van der Waals surface area (Å²) in [6, 6.07) is 6.18. The van der Waals surface area contributed by atoms with Gasteiger partial charge in [0.2, 0.25) is 0 Å². The van der Waals surface area contributed by atoms with Crippen LogP contribution in [0.15, 0.2) is 36.7 Å². The third kappa shape index (κ3) is 4.87. The van der Waals surface area contributed by atoms with Gasteiger partial charge < -0.3 is 15.4 Å². The van der Waals surface area contributed by atoms with Crippen molar-refractivity contribution < 1.29 is 13.5 Å². The molecule has 5 nitrogen and oxygen atoms in total. The number of nitrogens with one attached hydrogen (secondary N) is 2. The summed E-state index contributed by atoms with van der Waals surface area (Å²) in [6.45, 7) is 0.0552. The van der Waals surface area contributed by atoms with E-state index in [9.17, 15) is 8.78 Å². The largest absolute Gasteiger partial charge is 0.435 e. The van der Waals surface area contributed by atoms with Gasteiger partial charge in [-0.05, 0) is 30.7 Å². The fraction of sp³-hybridized carbons (Fsp3) is 0.286. The molecule has 0 atom stereocenters. The summed E-state index contributed by atoms with van der Waals surface area (Å²) in [7, 11) is 0. The number of anilines is 3. The zero-order valence-electron chi connectivity index (χ0n) is 11.5. The van der Waals surface area contributed by atoms with Crippen molar-refractivity contribution >= 4 is 17.3 Å². The Balaban J connectivity index is 2.00. The highest BCUT2D eigenvalue weighted by Crippen LogP contribution is 2.20. The van der Waals surface area contributed by atoms with Crippen molar-refractivity contribution in [2.24, 2.45) is 0 Å². The van der Waals surface area contributed by atoms with Crippen LogP contribution < -0.4 is 15.4 Å². The van der Waals surface area contributed by atoms with Crippen molar-refractivity contribution in [1.82, 2.24) is 9.97 Å². The van der Waals surface area contributed by atoms with Crippen molar-refractivity contribution in [2.45, 2.75) is 20.0 Å². The quantitative estimate of drug-likeness (QED) is 0.816. The SMILES string of the molecule is CCCNc1cncc(Nc2ccc(OC(F)F)cc2)n1. The van der Waals surface area contributed by atoms with Gasteiger partial charge in [0.25, 0.3) is 0 Å². The predicted octanol–water partition coefficient (Wildman–Crippen LogP) is 3.64. The number of aromatic nitrogens is 2. The van der Waals surface area contributed by atoms with Crippen LogP contribution >= 0.6 is 0 Å². The Labute approximate surface area is 121 Å². The molecule has 112 valence electrons. The first-order chi connectivity index (χ1) is 10.2. The molecule has 0 aliphatic carbocycles. The maximum absolute atomic E-state index is 12.1. The van der Waals surface area contributed by atoms with Crippen LogP contribution in [0.3, 0.4) is 0 Å². The van der Waals surface area contributed by atoms with Gasteiger partial charge in [-0.3, -0.25) is 4.98 Å². The van der Waals surface area contributed by atoms with E-state index in [4.69, 9.17) is 0 Å². The van der Waals surface area contributed by atoms with E-state index in [1.807, 2.05) is 0 Å². The fourth-order valence-corrected chi connectivity index (χ4v) is 1.63. The Morgan fingerprint density at radius 1 is 1.14 bits per heavy atom. The maximum Gasteiger partial charge on any atom is 0.387 e. The number of alkyl halides is 2. The molecule has 0 saturated carbocycles. The maximum atomic E-state index is 12.1. The van der Waals surface area contributed by atoms with Crippen LogP contribution in [-0.2, 0) is 0 Å². The second-order valence-electron chi connectivity index (χ2n) is 4.24. The number of benzene rings is 1. The number of ether oxygens (including phenoxy) is 1. The fourth-order valence-electron chi connectivity index (χ4n) is 1.63. The Hall–Kier alpha value is -2.44. The molecular weight excluding hydrogens is 278 g/mol. The van der Waals surface area contributed by atoms with E-state index < -0.39 is 6.61 Å². The summed E-state index contributed by atoms with van der Waals surface area (Å²) in [6.07, 6.45) is 4.21. The monoisotopic (exact) mass is 294 g/mol. The molecule has 0 amide bonds. The van der Waals surface area contributed by atoms with Crippen LogP contribution in [0.1, 0.15) is 13.3 Å². The average Bonchev–Trinajstić information content (AvgIpc) is 2.47. The number of nitrogens with zero attached hydrogens (tertiary/aromatic N) is 2. The Morgan fingerprint density at radius 2 is 1.86 bits per heavy atom. The van der Waals surface area contributed by atoms with Crippen molar-refractivity contribution in [3.8, 4) is 5.75 Å². The van der Waals surface area contributed by atoms with E-state index in [-0.39, 0.29) is 5.75 Å². The van der Waals surface area contributed by atoms with Gasteiger partial charge in [-0.2, -0.15) is 8.78 Å². The molecule has 1 heterocycles. The molecule has 2 rings (SSSR count). The first-order valence-corrected chi connectivity index (χ1v) is 6.55. The number of halogens is 2. The summed E-state index contributed by atoms with van der Waals surface area (Å²) >= 11 is 0. The summed E-state index contributed by atoms with van der Waals surface area (Å²) in [4.78, 5) is 8.42. The molecule has 0 unspecified atom stereocenters. The molecule has 0 radical (unpaired) electrons. The molecule has 2 aromatic rings. The highest BCUT2D eigenvalue weighted by molar-refractivity contribution is 5.57. The van der Waals surface area contributed by atoms with E-state index in [0.29, 0.717) is 17.3 Å². The number of hydrogen-bond acceptors (Lipinski definition) is 5. The van der Waals surface area contributed by atoms with E-state index in [1.54, 1.807) is 24.5 Å². The Bertz CT molecular complexity index is 563. The molecule has 0 aliphatic heterocycles. The third-order valence-corrected chi connectivity index (χ3v) is 2.54. The van der Waals surface area contributed by atoms with Gasteiger partial charge in [0.1, 0.15) is 11.6 Å². The smallest absolute Gasteiger partial charge is 0.387 e. The highest BCUT2D eigenvalue weighted by atomic mass is 19.3. The number of hydrogen-bond donors (Lipinski definition) is 2. The molecule has 0 spiro atoms. The lowest BCUT2D eigenvalue weighted by Gasteiger charge is -2.09. The lowest BCUT2D eigenvalue weighted by molar-refractivity contribution is -0.0498. The summed E-state index contributed by atoms with van der Waals surface area (Å²) in [5, 5.41) is 6.18. The van der Waals surface area contributed by atoms with Gasteiger partial charge in [-0.25, -0.2) is 4.98 Å². The first kappa shape index (κ1) is 15.0. The molecule has 0 saturated heterocycles. The molecule has 0 bridgehead atoms. The molecule has 0 aliphatic rings. The molecule has 1 aromatic carbocycles. The molecular formula is C14H16F2N4O. The second kappa shape index (κ2) is 7.37. The first-order valence-electron chi connectivity index (χ1n) is 6.55. The summed E-state index contributed by atoms with van der Waals surface area (Å²) < 4.78 is 28.4. The predicted molar refractivity (Wildman–Crippen MR) is 77.2 cm³/mol.